The van der Waals surface area contributed by atoms with Gasteiger partial charge in [-0.25, -0.2) is 0 Å². The predicted octanol–water partition coefficient (Wildman–Crippen LogP) is 1.97. The second kappa shape index (κ2) is 9.75. The van der Waals surface area contributed by atoms with Gasteiger partial charge in [0.15, 0.2) is 5.96 Å². The lowest BCUT2D eigenvalue weighted by molar-refractivity contribution is 0.0320. The molecule has 1 aromatic carbocycles. The average Bonchev–Trinajstić information content (AvgIpc) is 2.57. The van der Waals surface area contributed by atoms with Crippen molar-refractivity contribution in [2.75, 3.05) is 46.4 Å². The number of guanidine groups is 1. The molecule has 0 amide bonds. The van der Waals surface area contributed by atoms with Crippen molar-refractivity contribution in [3.8, 4) is 0 Å². The summed E-state index contributed by atoms with van der Waals surface area (Å²) in [6, 6.07) is 7.85. The Morgan fingerprint density at radius 2 is 2.04 bits per heavy atom. The lowest BCUT2D eigenvalue weighted by Gasteiger charge is -2.29. The first-order valence-electron chi connectivity index (χ1n) is 8.17. The van der Waals surface area contributed by atoms with E-state index in [2.05, 4.69) is 27.4 Å². The molecule has 1 atom stereocenters. The molecule has 128 valence electrons. The third kappa shape index (κ3) is 6.37. The third-order valence-corrected chi connectivity index (χ3v) is 4.29. The van der Waals surface area contributed by atoms with Crippen molar-refractivity contribution in [2.45, 2.75) is 13.5 Å². The second-order valence-electron chi connectivity index (χ2n) is 5.92. The highest BCUT2D eigenvalue weighted by atomic mass is 35.5. The number of hydrogen-bond acceptors (Lipinski definition) is 3. The molecule has 0 radical (unpaired) electrons. The topological polar surface area (TPSA) is 48.9 Å². The van der Waals surface area contributed by atoms with Gasteiger partial charge in [0.1, 0.15) is 0 Å². The van der Waals surface area contributed by atoms with E-state index in [1.165, 1.54) is 0 Å². The van der Waals surface area contributed by atoms with E-state index in [-0.39, 0.29) is 0 Å². The molecule has 1 unspecified atom stereocenters. The van der Waals surface area contributed by atoms with Crippen LogP contribution in [-0.2, 0) is 11.3 Å². The normalized spacial score (nSPS) is 17.8. The minimum Gasteiger partial charge on any atom is -0.379 e. The standard InChI is InChI=1S/C17H27ClN4O/c1-14(13-22-7-9-23-10-8-22)11-20-17(19-2)21-12-15-5-3-4-6-16(15)18/h3-6,14H,7-13H2,1-2H3,(H2,19,20,21). The zero-order valence-corrected chi connectivity index (χ0v) is 14.8. The van der Waals surface area contributed by atoms with Gasteiger partial charge in [-0.15, -0.1) is 0 Å². The quantitative estimate of drug-likeness (QED) is 0.615. The maximum absolute atomic E-state index is 6.17. The summed E-state index contributed by atoms with van der Waals surface area (Å²) >= 11 is 6.17. The van der Waals surface area contributed by atoms with Gasteiger partial charge in [0, 0.05) is 44.8 Å². The number of ether oxygens (including phenoxy) is 1. The molecule has 2 N–H and O–H groups in total. The van der Waals surface area contributed by atoms with E-state index in [0.29, 0.717) is 12.5 Å². The van der Waals surface area contributed by atoms with Crippen LogP contribution >= 0.6 is 11.6 Å². The molecule has 0 spiro atoms. The molecule has 0 aromatic heterocycles. The SMILES string of the molecule is CN=C(NCc1ccccc1Cl)NCC(C)CN1CCOCC1. The summed E-state index contributed by atoms with van der Waals surface area (Å²) < 4.78 is 5.38. The van der Waals surface area contributed by atoms with E-state index in [9.17, 15) is 0 Å². The lowest BCUT2D eigenvalue weighted by Crippen LogP contribution is -2.43. The number of nitrogens with one attached hydrogen (secondary N) is 2. The number of rotatable bonds is 6. The molecule has 23 heavy (non-hydrogen) atoms. The van der Waals surface area contributed by atoms with E-state index >= 15 is 0 Å². The molecule has 5 nitrogen and oxygen atoms in total. The van der Waals surface area contributed by atoms with Gasteiger partial charge in [-0.2, -0.15) is 0 Å². The first kappa shape index (κ1) is 18.0. The Morgan fingerprint density at radius 1 is 1.30 bits per heavy atom. The monoisotopic (exact) mass is 338 g/mol. The van der Waals surface area contributed by atoms with E-state index in [4.69, 9.17) is 16.3 Å². The summed E-state index contributed by atoms with van der Waals surface area (Å²) in [5, 5.41) is 7.47. The van der Waals surface area contributed by atoms with Crippen LogP contribution in [0, 0.1) is 5.92 Å². The Balaban J connectivity index is 1.71. The number of nitrogens with zero attached hydrogens (tertiary/aromatic N) is 2. The van der Waals surface area contributed by atoms with E-state index in [1.54, 1.807) is 7.05 Å². The highest BCUT2D eigenvalue weighted by Crippen LogP contribution is 2.14. The molecule has 1 aromatic rings. The Kier molecular flexibility index (Phi) is 7.65. The van der Waals surface area contributed by atoms with Gasteiger partial charge in [-0.3, -0.25) is 9.89 Å². The van der Waals surface area contributed by atoms with E-state index in [0.717, 1.165) is 55.9 Å². The van der Waals surface area contributed by atoms with E-state index in [1.807, 2.05) is 24.3 Å². The molecule has 1 heterocycles. The smallest absolute Gasteiger partial charge is 0.191 e. The van der Waals surface area contributed by atoms with Crippen LogP contribution in [0.25, 0.3) is 0 Å². The molecular weight excluding hydrogens is 312 g/mol. The molecular formula is C17H27ClN4O. The molecule has 1 aliphatic rings. The fraction of sp³-hybridized carbons (Fsp3) is 0.588. The van der Waals surface area contributed by atoms with Gasteiger partial charge in [0.2, 0.25) is 0 Å². The predicted molar refractivity (Wildman–Crippen MR) is 96.1 cm³/mol. The van der Waals surface area contributed by atoms with Crippen molar-refractivity contribution >= 4 is 17.6 Å². The lowest BCUT2D eigenvalue weighted by atomic mass is 10.1. The fourth-order valence-electron chi connectivity index (χ4n) is 2.60. The molecule has 1 aliphatic heterocycles. The molecule has 0 bridgehead atoms. The van der Waals surface area contributed by atoms with Crippen LogP contribution in [0.15, 0.2) is 29.3 Å². The van der Waals surface area contributed by atoms with Crippen LogP contribution in [-0.4, -0.2) is 57.3 Å². The van der Waals surface area contributed by atoms with Crippen LogP contribution in [0.4, 0.5) is 0 Å². The third-order valence-electron chi connectivity index (χ3n) is 3.92. The van der Waals surface area contributed by atoms with Crippen molar-refractivity contribution < 1.29 is 4.74 Å². The Morgan fingerprint density at radius 3 is 2.74 bits per heavy atom. The van der Waals surface area contributed by atoms with Gasteiger partial charge >= 0.3 is 0 Å². The Bertz CT molecular complexity index is 503. The van der Waals surface area contributed by atoms with Crippen LogP contribution in [0.2, 0.25) is 5.02 Å². The molecule has 1 saturated heterocycles. The van der Waals surface area contributed by atoms with Gasteiger partial charge < -0.3 is 15.4 Å². The highest BCUT2D eigenvalue weighted by Gasteiger charge is 2.14. The number of hydrogen-bond donors (Lipinski definition) is 2. The van der Waals surface area contributed by atoms with Gasteiger partial charge in [0.25, 0.3) is 0 Å². The van der Waals surface area contributed by atoms with Gasteiger partial charge in [-0.1, -0.05) is 36.7 Å². The number of morpholine rings is 1. The zero-order valence-electron chi connectivity index (χ0n) is 14.0. The number of halogens is 1. The fourth-order valence-corrected chi connectivity index (χ4v) is 2.80. The van der Waals surface area contributed by atoms with E-state index < -0.39 is 0 Å². The summed E-state index contributed by atoms with van der Waals surface area (Å²) in [5.74, 6) is 1.35. The van der Waals surface area contributed by atoms with Crippen molar-refractivity contribution in [1.82, 2.24) is 15.5 Å². The van der Waals surface area contributed by atoms with Gasteiger partial charge in [-0.05, 0) is 17.5 Å². The number of aliphatic imine (C=N–C) groups is 1. The van der Waals surface area contributed by atoms with Crippen LogP contribution in [0.1, 0.15) is 12.5 Å². The molecule has 6 heteroatoms. The summed E-state index contributed by atoms with van der Waals surface area (Å²) in [6.07, 6.45) is 0. The molecule has 2 rings (SSSR count). The maximum atomic E-state index is 6.17. The average molecular weight is 339 g/mol. The summed E-state index contributed by atoms with van der Waals surface area (Å²) in [5.41, 5.74) is 1.07. The Labute approximate surface area is 144 Å². The van der Waals surface area contributed by atoms with Crippen molar-refractivity contribution in [3.05, 3.63) is 34.9 Å². The first-order valence-corrected chi connectivity index (χ1v) is 8.55. The zero-order chi connectivity index (χ0) is 16.5. The van der Waals surface area contributed by atoms with Crippen molar-refractivity contribution in [1.29, 1.82) is 0 Å². The largest absolute Gasteiger partial charge is 0.379 e. The highest BCUT2D eigenvalue weighted by molar-refractivity contribution is 6.31. The minimum atomic E-state index is 0.548. The Hall–Kier alpha value is -1.30. The first-order chi connectivity index (χ1) is 11.2. The van der Waals surface area contributed by atoms with Crippen LogP contribution in [0.3, 0.4) is 0 Å². The molecule has 0 aliphatic carbocycles. The maximum Gasteiger partial charge on any atom is 0.191 e. The molecule has 1 fully saturated rings. The van der Waals surface area contributed by atoms with Crippen molar-refractivity contribution in [3.63, 3.8) is 0 Å². The molecule has 0 saturated carbocycles. The summed E-state index contributed by atoms with van der Waals surface area (Å²) in [7, 11) is 1.79. The summed E-state index contributed by atoms with van der Waals surface area (Å²) in [4.78, 5) is 6.72. The van der Waals surface area contributed by atoms with Crippen LogP contribution < -0.4 is 10.6 Å². The number of benzene rings is 1. The summed E-state index contributed by atoms with van der Waals surface area (Å²) in [6.45, 7) is 8.65. The second-order valence-corrected chi connectivity index (χ2v) is 6.32. The van der Waals surface area contributed by atoms with Crippen molar-refractivity contribution in [2.24, 2.45) is 10.9 Å². The van der Waals surface area contributed by atoms with Gasteiger partial charge in [0.05, 0.1) is 13.2 Å². The van der Waals surface area contributed by atoms with Crippen LogP contribution in [0.5, 0.6) is 0 Å². The minimum absolute atomic E-state index is 0.548.